The zero-order chi connectivity index (χ0) is 14.5. The molecule has 0 N–H and O–H groups in total. The highest BCUT2D eigenvalue weighted by Gasteiger charge is 2.11. The van der Waals surface area contributed by atoms with E-state index in [0.717, 1.165) is 34.3 Å². The third-order valence-electron chi connectivity index (χ3n) is 3.45. The maximum absolute atomic E-state index is 4.92. The van der Waals surface area contributed by atoms with Crippen molar-refractivity contribution < 1.29 is 0 Å². The lowest BCUT2D eigenvalue weighted by atomic mass is 9.95. The van der Waals surface area contributed by atoms with Gasteiger partial charge in [-0.25, -0.2) is 4.99 Å². The third-order valence-corrected chi connectivity index (χ3v) is 4.12. The van der Waals surface area contributed by atoms with Crippen molar-refractivity contribution in [2.24, 2.45) is 4.99 Å². The molecule has 2 aromatic rings. The molecule has 0 bridgehead atoms. The highest BCUT2D eigenvalue weighted by atomic mass is 79.9. The number of rotatable bonds is 3. The number of aliphatic imine (C=N–C) groups is 1. The summed E-state index contributed by atoms with van der Waals surface area (Å²) in [6.07, 6.45) is 8.61. The van der Waals surface area contributed by atoms with Crippen LogP contribution in [-0.2, 0) is 0 Å². The number of para-hydroxylation sites is 1. The zero-order valence-corrected chi connectivity index (χ0v) is 13.3. The molecule has 0 spiro atoms. The predicted molar refractivity (Wildman–Crippen MR) is 93.2 cm³/mol. The van der Waals surface area contributed by atoms with Crippen molar-refractivity contribution in [3.05, 3.63) is 88.4 Å². The van der Waals surface area contributed by atoms with Gasteiger partial charge in [-0.05, 0) is 46.5 Å². The summed E-state index contributed by atoms with van der Waals surface area (Å²) in [4.78, 5) is 4.92. The first kappa shape index (κ1) is 14.0. The number of hydrogen-bond donors (Lipinski definition) is 0. The topological polar surface area (TPSA) is 12.4 Å². The minimum absolute atomic E-state index is 0.965. The number of allylic oxidation sites excluding steroid dienone is 4. The van der Waals surface area contributed by atoms with E-state index in [4.69, 9.17) is 4.99 Å². The standard InChI is InChI=1S/C19H16BrN/c20-17-13-7-8-14-18(17)21-19(15-9-3-1-4-10-15)16-11-5-2-6-12-16/h1-5,7-11,13-14H,6,12H2. The molecule has 104 valence electrons. The van der Waals surface area contributed by atoms with E-state index in [1.165, 1.54) is 5.57 Å². The summed E-state index contributed by atoms with van der Waals surface area (Å²) in [5, 5.41) is 0. The molecule has 0 aromatic heterocycles. The largest absolute Gasteiger partial charge is 0.247 e. The SMILES string of the molecule is Brc1ccccc1N=C(C1=CC=CCC1)c1ccccc1. The first-order chi connectivity index (χ1) is 10.3. The third kappa shape index (κ3) is 3.40. The fourth-order valence-electron chi connectivity index (χ4n) is 2.38. The van der Waals surface area contributed by atoms with Crippen LogP contribution < -0.4 is 0 Å². The van der Waals surface area contributed by atoms with Crippen LogP contribution in [0.15, 0.2) is 87.9 Å². The Balaban J connectivity index is 2.11. The van der Waals surface area contributed by atoms with Crippen molar-refractivity contribution in [3.8, 4) is 0 Å². The highest BCUT2D eigenvalue weighted by molar-refractivity contribution is 9.10. The summed E-state index contributed by atoms with van der Waals surface area (Å²) in [5.41, 5.74) is 4.48. The molecule has 1 aliphatic carbocycles. The highest BCUT2D eigenvalue weighted by Crippen LogP contribution is 2.28. The van der Waals surface area contributed by atoms with Crippen molar-refractivity contribution in [1.29, 1.82) is 0 Å². The van der Waals surface area contributed by atoms with Gasteiger partial charge in [0.05, 0.1) is 11.4 Å². The lowest BCUT2D eigenvalue weighted by Gasteiger charge is -2.13. The monoisotopic (exact) mass is 337 g/mol. The minimum Gasteiger partial charge on any atom is -0.247 e. The van der Waals surface area contributed by atoms with Crippen molar-refractivity contribution >= 4 is 27.3 Å². The average Bonchev–Trinajstić information content (AvgIpc) is 2.56. The van der Waals surface area contributed by atoms with E-state index < -0.39 is 0 Å². The van der Waals surface area contributed by atoms with Crippen LogP contribution in [0.1, 0.15) is 18.4 Å². The maximum atomic E-state index is 4.92. The summed E-state index contributed by atoms with van der Waals surface area (Å²) in [6, 6.07) is 18.5. The van der Waals surface area contributed by atoms with Crippen LogP contribution >= 0.6 is 15.9 Å². The minimum atomic E-state index is 0.965. The molecule has 0 amide bonds. The van der Waals surface area contributed by atoms with Crippen molar-refractivity contribution in [2.45, 2.75) is 12.8 Å². The molecule has 21 heavy (non-hydrogen) atoms. The second-order valence-electron chi connectivity index (χ2n) is 4.94. The molecule has 2 heteroatoms. The molecule has 0 saturated heterocycles. The molecule has 3 rings (SSSR count). The van der Waals surface area contributed by atoms with Gasteiger partial charge in [-0.2, -0.15) is 0 Å². The maximum Gasteiger partial charge on any atom is 0.0779 e. The fourth-order valence-corrected chi connectivity index (χ4v) is 2.75. The molecule has 0 heterocycles. The Bertz CT molecular complexity index is 711. The Labute approximate surface area is 133 Å². The average molecular weight is 338 g/mol. The molecule has 2 aromatic carbocycles. The number of halogens is 1. The van der Waals surface area contributed by atoms with Crippen LogP contribution in [0.3, 0.4) is 0 Å². The first-order valence-corrected chi connectivity index (χ1v) is 7.88. The summed E-state index contributed by atoms with van der Waals surface area (Å²) < 4.78 is 1.02. The van der Waals surface area contributed by atoms with Crippen LogP contribution in [0.4, 0.5) is 5.69 Å². The van der Waals surface area contributed by atoms with Crippen LogP contribution in [0.25, 0.3) is 0 Å². The molecule has 0 radical (unpaired) electrons. The molecule has 0 fully saturated rings. The second kappa shape index (κ2) is 6.68. The molecule has 1 aliphatic rings. The Morgan fingerprint density at radius 3 is 2.43 bits per heavy atom. The number of hydrogen-bond acceptors (Lipinski definition) is 1. The number of nitrogens with zero attached hydrogens (tertiary/aromatic N) is 1. The molecule has 0 saturated carbocycles. The quantitative estimate of drug-likeness (QED) is 0.623. The summed E-state index contributed by atoms with van der Waals surface area (Å²) in [6.45, 7) is 0. The first-order valence-electron chi connectivity index (χ1n) is 7.09. The van der Waals surface area contributed by atoms with Crippen molar-refractivity contribution in [1.82, 2.24) is 0 Å². The Morgan fingerprint density at radius 2 is 1.71 bits per heavy atom. The van der Waals surface area contributed by atoms with E-state index >= 15 is 0 Å². The second-order valence-corrected chi connectivity index (χ2v) is 5.79. The molecular weight excluding hydrogens is 322 g/mol. The van der Waals surface area contributed by atoms with Crippen LogP contribution in [-0.4, -0.2) is 5.71 Å². The normalized spacial score (nSPS) is 14.9. The molecule has 0 aliphatic heterocycles. The molecule has 0 unspecified atom stereocenters. The van der Waals surface area contributed by atoms with Gasteiger partial charge in [0.15, 0.2) is 0 Å². The van der Waals surface area contributed by atoms with Gasteiger partial charge in [-0.15, -0.1) is 0 Å². The summed E-state index contributed by atoms with van der Waals surface area (Å²) in [7, 11) is 0. The predicted octanol–water partition coefficient (Wildman–Crippen LogP) is 5.85. The van der Waals surface area contributed by atoms with Crippen molar-refractivity contribution in [2.75, 3.05) is 0 Å². The lowest BCUT2D eigenvalue weighted by molar-refractivity contribution is 1.00. The Morgan fingerprint density at radius 1 is 0.952 bits per heavy atom. The van der Waals surface area contributed by atoms with E-state index in [0.29, 0.717) is 0 Å². The van der Waals surface area contributed by atoms with Gasteiger partial charge in [-0.1, -0.05) is 60.7 Å². The van der Waals surface area contributed by atoms with E-state index in [9.17, 15) is 0 Å². The van der Waals surface area contributed by atoms with Gasteiger partial charge in [0, 0.05) is 10.0 Å². The molecule has 0 atom stereocenters. The van der Waals surface area contributed by atoms with Gasteiger partial charge in [0.1, 0.15) is 0 Å². The van der Waals surface area contributed by atoms with Gasteiger partial charge in [0.25, 0.3) is 0 Å². The van der Waals surface area contributed by atoms with E-state index in [2.05, 4.69) is 58.4 Å². The lowest BCUT2D eigenvalue weighted by Crippen LogP contribution is -2.06. The van der Waals surface area contributed by atoms with E-state index in [1.807, 2.05) is 30.3 Å². The van der Waals surface area contributed by atoms with Gasteiger partial charge in [0.2, 0.25) is 0 Å². The van der Waals surface area contributed by atoms with E-state index in [1.54, 1.807) is 0 Å². The van der Waals surface area contributed by atoms with Gasteiger partial charge >= 0.3 is 0 Å². The fraction of sp³-hybridized carbons (Fsp3) is 0.105. The van der Waals surface area contributed by atoms with Crippen LogP contribution in [0, 0.1) is 0 Å². The van der Waals surface area contributed by atoms with E-state index in [-0.39, 0.29) is 0 Å². The summed E-state index contributed by atoms with van der Waals surface area (Å²) >= 11 is 3.58. The molecule has 1 nitrogen and oxygen atoms in total. The molecular formula is C19H16BrN. The Hall–Kier alpha value is -1.93. The number of benzene rings is 2. The van der Waals surface area contributed by atoms with Crippen LogP contribution in [0.2, 0.25) is 0 Å². The summed E-state index contributed by atoms with van der Waals surface area (Å²) in [5.74, 6) is 0. The van der Waals surface area contributed by atoms with Gasteiger partial charge < -0.3 is 0 Å². The zero-order valence-electron chi connectivity index (χ0n) is 11.7. The van der Waals surface area contributed by atoms with Crippen molar-refractivity contribution in [3.63, 3.8) is 0 Å². The van der Waals surface area contributed by atoms with Gasteiger partial charge in [-0.3, -0.25) is 0 Å². The smallest absolute Gasteiger partial charge is 0.0779 e. The Kier molecular flexibility index (Phi) is 4.46. The van der Waals surface area contributed by atoms with Crippen LogP contribution in [0.5, 0.6) is 0 Å².